The Balaban J connectivity index is 5.07. The molecule has 0 aromatic carbocycles. The number of nitrogens with zero attached hydrogens (tertiary/aromatic N) is 1. The summed E-state index contributed by atoms with van der Waals surface area (Å²) in [6, 6.07) is -5.35. The van der Waals surface area contributed by atoms with Crippen molar-refractivity contribution >= 4 is 48.2 Å². The van der Waals surface area contributed by atoms with Crippen LogP contribution in [0, 0.1) is 0 Å². The fourth-order valence-corrected chi connectivity index (χ4v) is 2.83. The highest BCUT2D eigenvalue weighted by atomic mass is 32.1. The van der Waals surface area contributed by atoms with Crippen molar-refractivity contribution < 1.29 is 39.3 Å². The van der Waals surface area contributed by atoms with Crippen LogP contribution in [0.3, 0.4) is 0 Å². The van der Waals surface area contributed by atoms with E-state index in [2.05, 4.69) is 33.6 Å². The standard InChI is InChI=1S/C18H33N7O8S/c1-8(26)13(16(31)23-10(17(32)33)4-5-12(27)28)25-15(30)11(7-34)24-14(29)9(19)3-2-6-22-18(20)21/h8-11,13,26,34H,2-7,19H2,1H3,(H,23,31)(H,24,29)(H,25,30)(H,27,28)(H,32,33)(H4,20,21,22). The van der Waals surface area contributed by atoms with Crippen molar-refractivity contribution in [3.63, 3.8) is 0 Å². The lowest BCUT2D eigenvalue weighted by Gasteiger charge is -2.26. The molecule has 12 N–H and O–H groups in total. The average Bonchev–Trinajstić information content (AvgIpc) is 2.74. The first-order valence-electron chi connectivity index (χ1n) is 10.3. The summed E-state index contributed by atoms with van der Waals surface area (Å²) >= 11 is 4.00. The van der Waals surface area contributed by atoms with Gasteiger partial charge in [0.2, 0.25) is 17.7 Å². The predicted molar refractivity (Wildman–Crippen MR) is 124 cm³/mol. The van der Waals surface area contributed by atoms with Gasteiger partial charge in [-0.2, -0.15) is 12.6 Å². The van der Waals surface area contributed by atoms with E-state index in [0.29, 0.717) is 6.42 Å². The molecule has 0 saturated carbocycles. The maximum atomic E-state index is 12.6. The summed E-state index contributed by atoms with van der Waals surface area (Å²) < 4.78 is 0. The van der Waals surface area contributed by atoms with Crippen LogP contribution in [0.5, 0.6) is 0 Å². The lowest BCUT2D eigenvalue weighted by Crippen LogP contribution is -2.60. The lowest BCUT2D eigenvalue weighted by molar-refractivity contribution is -0.144. The highest BCUT2D eigenvalue weighted by molar-refractivity contribution is 7.80. The minimum absolute atomic E-state index is 0.0990. The molecule has 0 aliphatic carbocycles. The Morgan fingerprint density at radius 2 is 1.53 bits per heavy atom. The summed E-state index contributed by atoms with van der Waals surface area (Å²) in [5.74, 6) is -5.63. The molecule has 0 spiro atoms. The first-order chi connectivity index (χ1) is 15.8. The van der Waals surface area contributed by atoms with E-state index in [9.17, 15) is 34.2 Å². The fourth-order valence-electron chi connectivity index (χ4n) is 2.57. The monoisotopic (exact) mass is 507 g/mol. The van der Waals surface area contributed by atoms with Gasteiger partial charge in [-0.25, -0.2) is 4.79 Å². The quantitative estimate of drug-likeness (QED) is 0.0417. The third-order valence-corrected chi connectivity index (χ3v) is 4.81. The Kier molecular flexibility index (Phi) is 14.2. The molecule has 16 heteroatoms. The molecule has 0 rings (SSSR count). The van der Waals surface area contributed by atoms with Crippen LogP contribution in [-0.4, -0.2) is 93.5 Å². The number of guanidine groups is 1. The van der Waals surface area contributed by atoms with Crippen molar-refractivity contribution in [1.82, 2.24) is 16.0 Å². The molecule has 0 heterocycles. The second kappa shape index (κ2) is 15.7. The minimum Gasteiger partial charge on any atom is -0.481 e. The molecule has 5 atom stereocenters. The third-order valence-electron chi connectivity index (χ3n) is 4.44. The molecule has 0 saturated heterocycles. The van der Waals surface area contributed by atoms with Gasteiger partial charge in [-0.15, -0.1) is 0 Å². The number of hydrogen-bond donors (Lipinski definition) is 10. The van der Waals surface area contributed by atoms with Crippen LogP contribution in [0.2, 0.25) is 0 Å². The van der Waals surface area contributed by atoms with Gasteiger partial charge in [0.05, 0.1) is 12.1 Å². The number of rotatable bonds is 16. The Bertz CT molecular complexity index is 761. The van der Waals surface area contributed by atoms with E-state index in [1.165, 1.54) is 6.92 Å². The number of thiol groups is 1. The molecule has 5 unspecified atom stereocenters. The zero-order valence-corrected chi connectivity index (χ0v) is 19.5. The number of aliphatic hydroxyl groups is 1. The molecule has 3 amide bonds. The van der Waals surface area contributed by atoms with Gasteiger partial charge in [-0.3, -0.25) is 24.2 Å². The number of nitrogens with one attached hydrogen (secondary N) is 3. The van der Waals surface area contributed by atoms with E-state index in [-0.39, 0.29) is 24.7 Å². The third kappa shape index (κ3) is 12.2. The van der Waals surface area contributed by atoms with Gasteiger partial charge in [0, 0.05) is 18.7 Å². The topological polar surface area (TPSA) is 273 Å². The van der Waals surface area contributed by atoms with Crippen LogP contribution in [0.25, 0.3) is 0 Å². The molecule has 0 radical (unpaired) electrons. The fraction of sp³-hybridized carbons (Fsp3) is 0.667. The molecular weight excluding hydrogens is 474 g/mol. The second-order valence-electron chi connectivity index (χ2n) is 7.36. The summed E-state index contributed by atoms with van der Waals surface area (Å²) in [6.45, 7) is 1.44. The summed E-state index contributed by atoms with van der Waals surface area (Å²) in [5, 5.41) is 34.5. The van der Waals surface area contributed by atoms with Crippen molar-refractivity contribution in [2.24, 2.45) is 22.2 Å². The smallest absolute Gasteiger partial charge is 0.326 e. The number of carbonyl (C=O) groups is 5. The van der Waals surface area contributed by atoms with Gasteiger partial charge in [-0.05, 0) is 26.2 Å². The minimum atomic E-state index is -1.59. The molecule has 0 fully saturated rings. The van der Waals surface area contributed by atoms with Gasteiger partial charge < -0.3 is 48.5 Å². The highest BCUT2D eigenvalue weighted by Gasteiger charge is 2.32. The number of carbonyl (C=O) groups excluding carboxylic acids is 3. The maximum absolute atomic E-state index is 12.6. The van der Waals surface area contributed by atoms with Crippen LogP contribution < -0.4 is 33.2 Å². The van der Waals surface area contributed by atoms with Gasteiger partial charge in [0.15, 0.2) is 5.96 Å². The van der Waals surface area contributed by atoms with Crippen LogP contribution in [0.4, 0.5) is 0 Å². The largest absolute Gasteiger partial charge is 0.481 e. The molecule has 0 bridgehead atoms. The van der Waals surface area contributed by atoms with Crippen molar-refractivity contribution in [3.05, 3.63) is 0 Å². The van der Waals surface area contributed by atoms with E-state index >= 15 is 0 Å². The number of nitrogens with two attached hydrogens (primary N) is 3. The van der Waals surface area contributed by atoms with Crippen LogP contribution in [-0.2, 0) is 24.0 Å². The number of aliphatic hydroxyl groups excluding tert-OH is 1. The van der Waals surface area contributed by atoms with E-state index in [0.717, 1.165) is 0 Å². The van der Waals surface area contributed by atoms with Crippen LogP contribution >= 0.6 is 12.6 Å². The molecule has 194 valence electrons. The van der Waals surface area contributed by atoms with Crippen LogP contribution in [0.15, 0.2) is 4.99 Å². The summed E-state index contributed by atoms with van der Waals surface area (Å²) in [4.78, 5) is 63.0. The van der Waals surface area contributed by atoms with E-state index in [1.807, 2.05) is 0 Å². The number of carboxylic acid groups (broad SMARTS) is 2. The van der Waals surface area contributed by atoms with Crippen molar-refractivity contribution in [2.75, 3.05) is 12.3 Å². The first kappa shape index (κ1) is 30.9. The van der Waals surface area contributed by atoms with E-state index < -0.39 is 72.8 Å². The number of carboxylic acids is 2. The number of amides is 3. The van der Waals surface area contributed by atoms with Gasteiger partial charge in [0.25, 0.3) is 0 Å². The highest BCUT2D eigenvalue weighted by Crippen LogP contribution is 2.03. The Morgan fingerprint density at radius 1 is 0.941 bits per heavy atom. The van der Waals surface area contributed by atoms with Gasteiger partial charge >= 0.3 is 11.9 Å². The lowest BCUT2D eigenvalue weighted by atomic mass is 10.1. The molecule has 0 aromatic heterocycles. The number of aliphatic carboxylic acids is 2. The summed E-state index contributed by atoms with van der Waals surface area (Å²) in [7, 11) is 0. The normalized spacial score (nSPS) is 15.1. The molecule has 0 aliphatic rings. The van der Waals surface area contributed by atoms with Crippen molar-refractivity contribution in [1.29, 1.82) is 0 Å². The summed E-state index contributed by atoms with van der Waals surface area (Å²) in [6.07, 6.45) is -1.76. The van der Waals surface area contributed by atoms with Crippen molar-refractivity contribution in [3.8, 4) is 0 Å². The predicted octanol–water partition coefficient (Wildman–Crippen LogP) is -3.92. The number of aliphatic imine (C=N–C) groups is 1. The zero-order valence-electron chi connectivity index (χ0n) is 18.6. The average molecular weight is 508 g/mol. The van der Waals surface area contributed by atoms with E-state index in [1.54, 1.807) is 0 Å². The number of hydrogen-bond acceptors (Lipinski definition) is 9. The molecule has 15 nitrogen and oxygen atoms in total. The second-order valence-corrected chi connectivity index (χ2v) is 7.72. The van der Waals surface area contributed by atoms with Gasteiger partial charge in [0.1, 0.15) is 18.1 Å². The summed E-state index contributed by atoms with van der Waals surface area (Å²) in [5.41, 5.74) is 16.2. The molecule has 0 aliphatic heterocycles. The Hall–Kier alpha value is -3.11. The van der Waals surface area contributed by atoms with Crippen molar-refractivity contribution in [2.45, 2.75) is 62.9 Å². The van der Waals surface area contributed by atoms with E-state index in [4.69, 9.17) is 22.3 Å². The SMILES string of the molecule is CC(O)C(NC(=O)C(CS)NC(=O)C(N)CCCN=C(N)N)C(=O)NC(CCC(=O)O)C(=O)O. The first-order valence-corrected chi connectivity index (χ1v) is 10.9. The van der Waals surface area contributed by atoms with Crippen LogP contribution in [0.1, 0.15) is 32.6 Å². The Labute approximate surface area is 201 Å². The Morgan fingerprint density at radius 3 is 2.00 bits per heavy atom. The zero-order chi connectivity index (χ0) is 26.4. The van der Waals surface area contributed by atoms with Gasteiger partial charge in [-0.1, -0.05) is 0 Å². The molecule has 34 heavy (non-hydrogen) atoms. The molecular formula is C18H33N7O8S. The maximum Gasteiger partial charge on any atom is 0.326 e. The molecule has 0 aromatic rings.